The molecule has 1 aliphatic carbocycles. The van der Waals surface area contributed by atoms with E-state index in [9.17, 15) is 0 Å². The van der Waals surface area contributed by atoms with E-state index in [1.54, 1.807) is 0 Å². The molecule has 6 heteroatoms. The van der Waals surface area contributed by atoms with Gasteiger partial charge in [-0.2, -0.15) is 5.10 Å². The minimum Gasteiger partial charge on any atom is -0.304 e. The molecule has 0 radical (unpaired) electrons. The molecular formula is C19H20N6. The summed E-state index contributed by atoms with van der Waals surface area (Å²) < 4.78 is 4.08. The maximum Gasteiger partial charge on any atom is 0.177 e. The summed E-state index contributed by atoms with van der Waals surface area (Å²) in [6.45, 7) is 8.24. The Hall–Kier alpha value is -2.76. The predicted octanol–water partition coefficient (Wildman–Crippen LogP) is 3.28. The fourth-order valence-electron chi connectivity index (χ4n) is 3.69. The van der Waals surface area contributed by atoms with Crippen LogP contribution in [-0.2, 0) is 0 Å². The smallest absolute Gasteiger partial charge is 0.177 e. The van der Waals surface area contributed by atoms with Gasteiger partial charge in [0.2, 0.25) is 0 Å². The molecule has 2 atom stereocenters. The summed E-state index contributed by atoms with van der Waals surface area (Å²) in [7, 11) is 0. The van der Waals surface area contributed by atoms with Gasteiger partial charge in [-0.3, -0.25) is 4.98 Å². The molecule has 25 heavy (non-hydrogen) atoms. The van der Waals surface area contributed by atoms with E-state index in [1.165, 1.54) is 17.0 Å². The number of rotatable bonds is 2. The monoisotopic (exact) mass is 332 g/mol. The summed E-state index contributed by atoms with van der Waals surface area (Å²) in [6, 6.07) is 4.26. The molecule has 6 nitrogen and oxygen atoms in total. The number of fused-ring (bicyclic) bond motifs is 2. The summed E-state index contributed by atoms with van der Waals surface area (Å²) in [5.74, 6) is 1.67. The number of aryl methyl sites for hydroxylation is 4. The van der Waals surface area contributed by atoms with Crippen LogP contribution in [-0.4, -0.2) is 29.0 Å². The van der Waals surface area contributed by atoms with Gasteiger partial charge in [-0.1, -0.05) is 0 Å². The van der Waals surface area contributed by atoms with E-state index < -0.39 is 0 Å². The van der Waals surface area contributed by atoms with Crippen molar-refractivity contribution in [2.45, 2.75) is 46.0 Å². The third-order valence-corrected chi connectivity index (χ3v) is 5.26. The van der Waals surface area contributed by atoms with Crippen LogP contribution in [0.25, 0.3) is 11.3 Å². The third kappa shape index (κ3) is 2.10. The van der Waals surface area contributed by atoms with E-state index in [-0.39, 0.29) is 0 Å². The van der Waals surface area contributed by atoms with Crippen molar-refractivity contribution >= 4 is 11.3 Å². The van der Waals surface area contributed by atoms with Crippen molar-refractivity contribution in [2.75, 3.05) is 0 Å². The second-order valence-corrected chi connectivity index (χ2v) is 7.15. The predicted molar refractivity (Wildman–Crippen MR) is 95.0 cm³/mol. The Kier molecular flexibility index (Phi) is 2.84. The van der Waals surface area contributed by atoms with E-state index in [2.05, 4.69) is 41.6 Å². The van der Waals surface area contributed by atoms with Crippen LogP contribution in [0.4, 0.5) is 0 Å². The highest BCUT2D eigenvalue weighted by atomic mass is 15.3. The number of imidazole rings is 1. The number of hydrogen-bond acceptors (Lipinski definition) is 4. The van der Waals surface area contributed by atoms with Crippen LogP contribution in [0.2, 0.25) is 0 Å². The SMILES string of the molecule is Cc1ccn2c(C)c(C3CC3c3nc4c(C)ncc(C)n4n3)nc2c1. The molecular weight excluding hydrogens is 312 g/mol. The van der Waals surface area contributed by atoms with Gasteiger partial charge < -0.3 is 4.40 Å². The zero-order valence-corrected chi connectivity index (χ0v) is 14.9. The Bertz CT molecular complexity index is 1100. The lowest BCUT2D eigenvalue weighted by Crippen LogP contribution is -1.97. The number of pyridine rings is 1. The van der Waals surface area contributed by atoms with Gasteiger partial charge in [-0.15, -0.1) is 0 Å². The molecule has 0 saturated heterocycles. The minimum absolute atomic E-state index is 0.350. The zero-order valence-electron chi connectivity index (χ0n) is 14.9. The van der Waals surface area contributed by atoms with Crippen LogP contribution < -0.4 is 0 Å². The van der Waals surface area contributed by atoms with Gasteiger partial charge >= 0.3 is 0 Å². The first-order chi connectivity index (χ1) is 12.0. The normalized spacial score (nSPS) is 19.8. The first-order valence-electron chi connectivity index (χ1n) is 8.67. The molecule has 1 aliphatic rings. The quantitative estimate of drug-likeness (QED) is 0.565. The second kappa shape index (κ2) is 4.88. The fraction of sp³-hybridized carbons (Fsp3) is 0.368. The van der Waals surface area contributed by atoms with Crippen molar-refractivity contribution in [3.63, 3.8) is 0 Å². The molecule has 0 amide bonds. The molecule has 5 rings (SSSR count). The van der Waals surface area contributed by atoms with E-state index in [1.807, 2.05) is 24.6 Å². The van der Waals surface area contributed by atoms with E-state index in [0.717, 1.165) is 34.9 Å². The van der Waals surface area contributed by atoms with E-state index in [4.69, 9.17) is 15.1 Å². The highest BCUT2D eigenvalue weighted by molar-refractivity contribution is 5.49. The molecule has 0 bridgehead atoms. The van der Waals surface area contributed by atoms with Crippen LogP contribution in [0.1, 0.15) is 52.4 Å². The van der Waals surface area contributed by atoms with Gasteiger partial charge in [-0.05, 0) is 51.8 Å². The maximum absolute atomic E-state index is 4.89. The zero-order chi connectivity index (χ0) is 17.3. The Morgan fingerprint density at radius 2 is 1.92 bits per heavy atom. The van der Waals surface area contributed by atoms with Crippen LogP contribution in [0.15, 0.2) is 24.5 Å². The molecule has 0 spiro atoms. The number of nitrogens with zero attached hydrogens (tertiary/aromatic N) is 6. The van der Waals surface area contributed by atoms with Crippen molar-refractivity contribution in [3.8, 4) is 0 Å². The molecule has 2 unspecified atom stereocenters. The molecule has 1 fully saturated rings. The number of hydrogen-bond donors (Lipinski definition) is 0. The molecule has 0 aromatic carbocycles. The first-order valence-corrected chi connectivity index (χ1v) is 8.67. The first kappa shape index (κ1) is 14.6. The van der Waals surface area contributed by atoms with Crippen molar-refractivity contribution in [1.29, 1.82) is 0 Å². The van der Waals surface area contributed by atoms with E-state index in [0.29, 0.717) is 11.8 Å². The minimum atomic E-state index is 0.350. The highest BCUT2D eigenvalue weighted by Crippen LogP contribution is 2.54. The van der Waals surface area contributed by atoms with Gasteiger partial charge in [0.25, 0.3) is 0 Å². The summed E-state index contributed by atoms with van der Waals surface area (Å²) >= 11 is 0. The van der Waals surface area contributed by atoms with Gasteiger partial charge in [0.15, 0.2) is 11.5 Å². The topological polar surface area (TPSA) is 60.4 Å². The molecule has 4 aromatic heterocycles. The van der Waals surface area contributed by atoms with Gasteiger partial charge in [-0.25, -0.2) is 14.5 Å². The van der Waals surface area contributed by atoms with Crippen molar-refractivity contribution < 1.29 is 0 Å². The summed E-state index contributed by atoms with van der Waals surface area (Å²) in [4.78, 5) is 14.0. The lowest BCUT2D eigenvalue weighted by molar-refractivity contribution is 0.827. The third-order valence-electron chi connectivity index (χ3n) is 5.26. The van der Waals surface area contributed by atoms with Crippen molar-refractivity contribution in [2.24, 2.45) is 0 Å². The van der Waals surface area contributed by atoms with Crippen LogP contribution in [0.5, 0.6) is 0 Å². The Morgan fingerprint density at radius 1 is 1.08 bits per heavy atom. The van der Waals surface area contributed by atoms with Crippen molar-refractivity contribution in [3.05, 3.63) is 58.7 Å². The Morgan fingerprint density at radius 3 is 2.72 bits per heavy atom. The van der Waals surface area contributed by atoms with Gasteiger partial charge in [0.1, 0.15) is 5.65 Å². The fourth-order valence-corrected chi connectivity index (χ4v) is 3.69. The van der Waals surface area contributed by atoms with E-state index >= 15 is 0 Å². The molecule has 126 valence electrons. The summed E-state index contributed by atoms with van der Waals surface area (Å²) in [5, 5.41) is 4.74. The van der Waals surface area contributed by atoms with Gasteiger partial charge in [0, 0.05) is 29.9 Å². The lowest BCUT2D eigenvalue weighted by Gasteiger charge is -1.98. The average Bonchev–Trinajstić information content (AvgIpc) is 3.12. The summed E-state index contributed by atoms with van der Waals surface area (Å²) in [5.41, 5.74) is 7.45. The molecule has 0 aliphatic heterocycles. The Balaban J connectivity index is 1.54. The Labute approximate surface area is 145 Å². The molecule has 4 aromatic rings. The standard InChI is InChI=1S/C19H20N6/c1-10-5-6-24-13(4)17(21-16(24)7-10)14-8-15(14)18-22-19-12(3)20-9-11(2)25(19)23-18/h5-7,9,14-15H,8H2,1-4H3. The maximum atomic E-state index is 4.89. The van der Waals surface area contributed by atoms with Crippen LogP contribution >= 0.6 is 0 Å². The average molecular weight is 332 g/mol. The largest absolute Gasteiger partial charge is 0.304 e. The summed E-state index contributed by atoms with van der Waals surface area (Å²) in [6.07, 6.45) is 5.02. The highest BCUT2D eigenvalue weighted by Gasteiger charge is 2.45. The lowest BCUT2D eigenvalue weighted by atomic mass is 10.2. The molecule has 1 saturated carbocycles. The second-order valence-electron chi connectivity index (χ2n) is 7.15. The van der Waals surface area contributed by atoms with Crippen LogP contribution in [0, 0.1) is 27.7 Å². The molecule has 0 N–H and O–H groups in total. The van der Waals surface area contributed by atoms with Crippen molar-refractivity contribution in [1.82, 2.24) is 29.0 Å². The molecule has 4 heterocycles. The van der Waals surface area contributed by atoms with Gasteiger partial charge in [0.05, 0.1) is 17.1 Å². The van der Waals surface area contributed by atoms with Crippen LogP contribution in [0.3, 0.4) is 0 Å². The number of aromatic nitrogens is 6.